The number of rotatable bonds is 6. The van der Waals surface area contributed by atoms with Crippen molar-refractivity contribution < 1.29 is 13.2 Å². The Morgan fingerprint density at radius 2 is 1.81 bits per heavy atom. The first-order chi connectivity index (χ1) is 17.3. The first kappa shape index (κ1) is 24.5. The third-order valence-electron chi connectivity index (χ3n) is 7.38. The Balaban J connectivity index is 1.30. The molecule has 3 aromatic rings. The van der Waals surface area contributed by atoms with Crippen LogP contribution in [0.25, 0.3) is 16.7 Å². The molecule has 10 heteroatoms. The number of amides is 1. The lowest BCUT2D eigenvalue weighted by atomic mass is 9.87. The summed E-state index contributed by atoms with van der Waals surface area (Å²) in [6.07, 6.45) is 8.77. The van der Waals surface area contributed by atoms with Crippen LogP contribution in [0.1, 0.15) is 32.6 Å². The van der Waals surface area contributed by atoms with Gasteiger partial charge in [0.1, 0.15) is 15.7 Å². The van der Waals surface area contributed by atoms with Crippen molar-refractivity contribution in [2.75, 3.05) is 48.4 Å². The summed E-state index contributed by atoms with van der Waals surface area (Å²) in [7, 11) is -2.93. The summed E-state index contributed by atoms with van der Waals surface area (Å²) in [5.41, 5.74) is 2.25. The summed E-state index contributed by atoms with van der Waals surface area (Å²) in [4.78, 5) is 25.2. The molecule has 2 aromatic heterocycles. The van der Waals surface area contributed by atoms with Crippen molar-refractivity contribution in [2.45, 2.75) is 38.6 Å². The zero-order valence-corrected chi connectivity index (χ0v) is 21.7. The van der Waals surface area contributed by atoms with E-state index in [0.717, 1.165) is 68.6 Å². The lowest BCUT2D eigenvalue weighted by Gasteiger charge is -2.36. The molecule has 1 aliphatic heterocycles. The number of carbonyl (C=O) groups is 1. The van der Waals surface area contributed by atoms with Crippen molar-refractivity contribution in [1.29, 1.82) is 0 Å². The minimum absolute atomic E-state index is 0.133. The third kappa shape index (κ3) is 5.48. The van der Waals surface area contributed by atoms with E-state index in [1.54, 1.807) is 13.1 Å². The van der Waals surface area contributed by atoms with Gasteiger partial charge in [-0.3, -0.25) is 4.79 Å². The van der Waals surface area contributed by atoms with Crippen LogP contribution in [0.15, 0.2) is 42.7 Å². The molecule has 1 N–H and O–H groups in total. The maximum Gasteiger partial charge on any atom is 0.224 e. The normalized spacial score (nSPS) is 21.1. The standard InChI is InChI=1S/C26H34N6O3S/c1-19(33)30-14-16-31(17-15-30)23-4-3-5-24-22(23)11-13-32(24)25-10-12-27-26(29-25)28-21-8-6-20(7-9-21)18-36(2,34)35/h3-5,10-13,20-21H,6-9,14-18H2,1-2H3,(H,27,28,29). The first-order valence-electron chi connectivity index (χ1n) is 12.6. The number of nitrogens with zero attached hydrogens (tertiary/aromatic N) is 5. The van der Waals surface area contributed by atoms with Crippen LogP contribution in [0, 0.1) is 5.92 Å². The fraction of sp³-hybridized carbons (Fsp3) is 0.500. The number of nitrogens with one attached hydrogen (secondary N) is 1. The van der Waals surface area contributed by atoms with Crippen molar-refractivity contribution >= 4 is 38.3 Å². The van der Waals surface area contributed by atoms with Crippen molar-refractivity contribution in [1.82, 2.24) is 19.4 Å². The zero-order valence-electron chi connectivity index (χ0n) is 20.9. The van der Waals surface area contributed by atoms with Crippen LogP contribution >= 0.6 is 0 Å². The highest BCUT2D eigenvalue weighted by atomic mass is 32.2. The van der Waals surface area contributed by atoms with Gasteiger partial charge in [0, 0.05) is 68.9 Å². The smallest absolute Gasteiger partial charge is 0.224 e. The van der Waals surface area contributed by atoms with Gasteiger partial charge in [-0.1, -0.05) is 6.07 Å². The van der Waals surface area contributed by atoms with Gasteiger partial charge in [-0.2, -0.15) is 4.98 Å². The van der Waals surface area contributed by atoms with E-state index in [2.05, 4.69) is 44.0 Å². The molecule has 9 nitrogen and oxygen atoms in total. The number of aromatic nitrogens is 3. The molecule has 1 aromatic carbocycles. The quantitative estimate of drug-likeness (QED) is 0.544. The largest absolute Gasteiger partial charge is 0.367 e. The average Bonchev–Trinajstić information content (AvgIpc) is 3.29. The SMILES string of the molecule is CC(=O)N1CCN(c2cccc3c2ccn3-c2ccnc(NC3CCC(CS(C)(=O)=O)CC3)n2)CC1. The number of sulfone groups is 1. The van der Waals surface area contributed by atoms with E-state index in [0.29, 0.717) is 5.95 Å². The van der Waals surface area contributed by atoms with Gasteiger partial charge >= 0.3 is 0 Å². The first-order valence-corrected chi connectivity index (χ1v) is 14.7. The molecule has 2 fully saturated rings. The lowest BCUT2D eigenvalue weighted by molar-refractivity contribution is -0.129. The summed E-state index contributed by atoms with van der Waals surface area (Å²) >= 11 is 0. The molecule has 1 aliphatic carbocycles. The topological polar surface area (TPSA) is 100 Å². The Bertz CT molecular complexity index is 1340. The van der Waals surface area contributed by atoms with Crippen molar-refractivity contribution in [3.05, 3.63) is 42.7 Å². The van der Waals surface area contributed by atoms with Gasteiger partial charge in [0.25, 0.3) is 0 Å². The summed E-state index contributed by atoms with van der Waals surface area (Å²) in [6, 6.07) is 10.6. The molecule has 5 rings (SSSR count). The molecular weight excluding hydrogens is 476 g/mol. The Hall–Kier alpha value is -3.14. The van der Waals surface area contributed by atoms with E-state index >= 15 is 0 Å². The molecule has 0 radical (unpaired) electrons. The van der Waals surface area contributed by atoms with Gasteiger partial charge in [0.15, 0.2) is 0 Å². The predicted octanol–water partition coefficient (Wildman–Crippen LogP) is 3.10. The monoisotopic (exact) mass is 510 g/mol. The van der Waals surface area contributed by atoms with Gasteiger partial charge in [-0.15, -0.1) is 0 Å². The number of benzene rings is 1. The molecule has 0 bridgehead atoms. The molecule has 0 unspecified atom stereocenters. The second-order valence-corrected chi connectivity index (χ2v) is 12.3. The molecule has 1 amide bonds. The molecule has 1 saturated carbocycles. The van der Waals surface area contributed by atoms with Crippen molar-refractivity contribution in [3.8, 4) is 5.82 Å². The number of carbonyl (C=O) groups excluding carboxylic acids is 1. The number of hydrogen-bond donors (Lipinski definition) is 1. The number of piperazine rings is 1. The van der Waals surface area contributed by atoms with Crippen LogP contribution in [0.3, 0.4) is 0 Å². The Morgan fingerprint density at radius 3 is 2.50 bits per heavy atom. The van der Waals surface area contributed by atoms with Gasteiger partial charge < -0.3 is 19.7 Å². The highest BCUT2D eigenvalue weighted by molar-refractivity contribution is 7.90. The number of hydrogen-bond acceptors (Lipinski definition) is 7. The molecule has 192 valence electrons. The van der Waals surface area contributed by atoms with Crippen LogP contribution in [0.4, 0.5) is 11.6 Å². The van der Waals surface area contributed by atoms with E-state index in [-0.39, 0.29) is 23.6 Å². The molecule has 36 heavy (non-hydrogen) atoms. The second-order valence-electron chi connectivity index (χ2n) is 10.1. The van der Waals surface area contributed by atoms with Crippen LogP contribution in [-0.2, 0) is 14.6 Å². The molecular formula is C26H34N6O3S. The fourth-order valence-corrected chi connectivity index (χ4v) is 6.72. The van der Waals surface area contributed by atoms with Gasteiger partial charge in [0.2, 0.25) is 11.9 Å². The summed E-state index contributed by atoms with van der Waals surface area (Å²) in [5.74, 6) is 2.05. The van der Waals surface area contributed by atoms with E-state index < -0.39 is 9.84 Å². The second kappa shape index (κ2) is 10.1. The summed E-state index contributed by atoms with van der Waals surface area (Å²) < 4.78 is 25.3. The number of anilines is 2. The third-order valence-corrected chi connectivity index (χ3v) is 8.46. The van der Waals surface area contributed by atoms with E-state index in [1.165, 1.54) is 11.9 Å². The summed E-state index contributed by atoms with van der Waals surface area (Å²) in [5, 5.41) is 4.62. The highest BCUT2D eigenvalue weighted by Gasteiger charge is 2.25. The van der Waals surface area contributed by atoms with Crippen molar-refractivity contribution in [3.63, 3.8) is 0 Å². The van der Waals surface area contributed by atoms with Gasteiger partial charge in [-0.25, -0.2) is 13.4 Å². The van der Waals surface area contributed by atoms with Crippen LogP contribution < -0.4 is 10.2 Å². The molecule has 3 heterocycles. The Morgan fingerprint density at radius 1 is 1.06 bits per heavy atom. The van der Waals surface area contributed by atoms with Gasteiger partial charge in [0.05, 0.1) is 11.3 Å². The molecule has 0 spiro atoms. The van der Waals surface area contributed by atoms with Crippen LogP contribution in [0.5, 0.6) is 0 Å². The van der Waals surface area contributed by atoms with Crippen LogP contribution in [0.2, 0.25) is 0 Å². The maximum absolute atomic E-state index is 11.7. The minimum atomic E-state index is -2.93. The fourth-order valence-electron chi connectivity index (χ4n) is 5.53. The Kier molecular flexibility index (Phi) is 6.87. The lowest BCUT2D eigenvalue weighted by Crippen LogP contribution is -2.48. The predicted molar refractivity (Wildman–Crippen MR) is 142 cm³/mol. The minimum Gasteiger partial charge on any atom is -0.367 e. The molecule has 2 aliphatic rings. The highest BCUT2D eigenvalue weighted by Crippen LogP contribution is 2.31. The van der Waals surface area contributed by atoms with Crippen molar-refractivity contribution in [2.24, 2.45) is 5.92 Å². The van der Waals surface area contributed by atoms with Gasteiger partial charge in [-0.05, 0) is 55.9 Å². The average molecular weight is 511 g/mol. The molecule has 1 saturated heterocycles. The zero-order chi connectivity index (χ0) is 25.3. The number of fused-ring (bicyclic) bond motifs is 1. The van der Waals surface area contributed by atoms with E-state index in [1.807, 2.05) is 17.2 Å². The van der Waals surface area contributed by atoms with E-state index in [9.17, 15) is 13.2 Å². The van der Waals surface area contributed by atoms with E-state index in [4.69, 9.17) is 4.98 Å². The van der Waals surface area contributed by atoms with Crippen LogP contribution in [-0.4, -0.2) is 78.0 Å². The maximum atomic E-state index is 11.7. The summed E-state index contributed by atoms with van der Waals surface area (Å²) in [6.45, 7) is 4.74. The Labute approximate surface area is 212 Å². The molecule has 0 atom stereocenters.